The van der Waals surface area contributed by atoms with E-state index in [1.165, 1.54) is 0 Å². The molecule has 22 heavy (non-hydrogen) atoms. The third-order valence-corrected chi connectivity index (χ3v) is 4.58. The second-order valence-corrected chi connectivity index (χ2v) is 5.93. The Hall–Kier alpha value is -1.76. The standard InChI is InChI=1S/C16H19N3O2S/c1-3-21-11(2)16-17-12(10-22-16)8-19-14-7-5-4-6-13(14)18-15(19)9-20/h4-7,10-11,20H,3,8-9H2,1-2H3. The molecule has 0 aliphatic carbocycles. The Morgan fingerprint density at radius 3 is 2.91 bits per heavy atom. The molecule has 0 radical (unpaired) electrons. The van der Waals surface area contributed by atoms with E-state index >= 15 is 0 Å². The Morgan fingerprint density at radius 1 is 1.32 bits per heavy atom. The number of fused-ring (bicyclic) bond motifs is 1. The number of aliphatic hydroxyl groups is 1. The van der Waals surface area contributed by atoms with Gasteiger partial charge >= 0.3 is 0 Å². The Labute approximate surface area is 133 Å². The van der Waals surface area contributed by atoms with Gasteiger partial charge in [0, 0.05) is 12.0 Å². The van der Waals surface area contributed by atoms with Crippen LogP contribution in [-0.4, -0.2) is 26.2 Å². The number of para-hydroxylation sites is 2. The first-order valence-corrected chi connectivity index (χ1v) is 8.21. The molecule has 0 aliphatic heterocycles. The van der Waals surface area contributed by atoms with E-state index in [4.69, 9.17) is 4.74 Å². The van der Waals surface area contributed by atoms with Crippen LogP contribution in [-0.2, 0) is 17.9 Å². The lowest BCUT2D eigenvalue weighted by molar-refractivity contribution is 0.0761. The number of hydrogen-bond acceptors (Lipinski definition) is 5. The van der Waals surface area contributed by atoms with Gasteiger partial charge in [-0.3, -0.25) is 0 Å². The molecule has 6 heteroatoms. The van der Waals surface area contributed by atoms with Crippen molar-refractivity contribution in [2.24, 2.45) is 0 Å². The Bertz CT molecular complexity index is 766. The molecule has 2 heterocycles. The van der Waals surface area contributed by atoms with Gasteiger partial charge in [0.1, 0.15) is 23.5 Å². The summed E-state index contributed by atoms with van der Waals surface area (Å²) in [6.07, 6.45) is 0.0144. The molecule has 0 aliphatic rings. The predicted octanol–water partition coefficient (Wildman–Crippen LogP) is 3.13. The number of ether oxygens (including phenoxy) is 1. The van der Waals surface area contributed by atoms with Crippen LogP contribution in [0.15, 0.2) is 29.6 Å². The highest BCUT2D eigenvalue weighted by molar-refractivity contribution is 7.09. The zero-order chi connectivity index (χ0) is 15.5. The van der Waals surface area contributed by atoms with Crippen LogP contribution in [0.2, 0.25) is 0 Å². The fourth-order valence-electron chi connectivity index (χ4n) is 2.49. The number of thiazole rings is 1. The van der Waals surface area contributed by atoms with Gasteiger partial charge in [-0.1, -0.05) is 12.1 Å². The number of nitrogens with zero attached hydrogens (tertiary/aromatic N) is 3. The first-order chi connectivity index (χ1) is 10.7. The van der Waals surface area contributed by atoms with Crippen molar-refractivity contribution in [2.45, 2.75) is 33.1 Å². The molecule has 0 saturated heterocycles. The summed E-state index contributed by atoms with van der Waals surface area (Å²) in [5.41, 5.74) is 2.87. The van der Waals surface area contributed by atoms with Crippen molar-refractivity contribution < 1.29 is 9.84 Å². The largest absolute Gasteiger partial charge is 0.388 e. The van der Waals surface area contributed by atoms with Crippen molar-refractivity contribution in [1.82, 2.24) is 14.5 Å². The van der Waals surface area contributed by atoms with Gasteiger partial charge in [-0.25, -0.2) is 9.97 Å². The summed E-state index contributed by atoms with van der Waals surface area (Å²) < 4.78 is 7.59. The van der Waals surface area contributed by atoms with E-state index < -0.39 is 0 Å². The molecule has 1 unspecified atom stereocenters. The van der Waals surface area contributed by atoms with Gasteiger partial charge in [0.05, 0.1) is 23.3 Å². The van der Waals surface area contributed by atoms with Gasteiger partial charge in [0.25, 0.3) is 0 Å². The lowest BCUT2D eigenvalue weighted by Crippen LogP contribution is -2.06. The number of benzene rings is 1. The second kappa shape index (κ2) is 6.56. The van der Waals surface area contributed by atoms with Crippen LogP contribution in [0.1, 0.15) is 36.5 Å². The average molecular weight is 317 g/mol. The van der Waals surface area contributed by atoms with Crippen LogP contribution in [0.5, 0.6) is 0 Å². The van der Waals surface area contributed by atoms with E-state index in [1.54, 1.807) is 11.3 Å². The van der Waals surface area contributed by atoms with Gasteiger partial charge in [0.15, 0.2) is 0 Å². The van der Waals surface area contributed by atoms with Crippen LogP contribution in [0.3, 0.4) is 0 Å². The fraction of sp³-hybridized carbons (Fsp3) is 0.375. The molecule has 5 nitrogen and oxygen atoms in total. The number of aliphatic hydroxyl groups excluding tert-OH is 1. The SMILES string of the molecule is CCOC(C)c1nc(Cn2c(CO)nc3ccccc32)cs1. The Kier molecular flexibility index (Phi) is 4.52. The van der Waals surface area contributed by atoms with Crippen molar-refractivity contribution in [3.63, 3.8) is 0 Å². The van der Waals surface area contributed by atoms with Gasteiger partial charge in [0.2, 0.25) is 0 Å². The van der Waals surface area contributed by atoms with E-state index in [-0.39, 0.29) is 12.7 Å². The predicted molar refractivity (Wildman–Crippen MR) is 86.9 cm³/mol. The van der Waals surface area contributed by atoms with Crippen molar-refractivity contribution in [3.05, 3.63) is 46.2 Å². The number of hydrogen-bond donors (Lipinski definition) is 1. The molecule has 1 atom stereocenters. The molecular weight excluding hydrogens is 298 g/mol. The molecule has 0 spiro atoms. The van der Waals surface area contributed by atoms with Gasteiger partial charge in [-0.2, -0.15) is 0 Å². The highest BCUT2D eigenvalue weighted by Gasteiger charge is 2.14. The highest BCUT2D eigenvalue weighted by atomic mass is 32.1. The van der Waals surface area contributed by atoms with Crippen molar-refractivity contribution in [3.8, 4) is 0 Å². The van der Waals surface area contributed by atoms with Crippen molar-refractivity contribution >= 4 is 22.4 Å². The smallest absolute Gasteiger partial charge is 0.136 e. The lowest BCUT2D eigenvalue weighted by atomic mass is 10.3. The molecule has 3 rings (SSSR count). The molecule has 3 aromatic rings. The maximum Gasteiger partial charge on any atom is 0.136 e. The van der Waals surface area contributed by atoms with Crippen molar-refractivity contribution in [1.29, 1.82) is 0 Å². The molecular formula is C16H19N3O2S. The van der Waals surface area contributed by atoms with Crippen LogP contribution in [0.4, 0.5) is 0 Å². The summed E-state index contributed by atoms with van der Waals surface area (Å²) in [5.74, 6) is 0.661. The minimum absolute atomic E-state index is 0.0144. The topological polar surface area (TPSA) is 60.2 Å². The molecule has 1 aromatic carbocycles. The maximum absolute atomic E-state index is 9.54. The first-order valence-electron chi connectivity index (χ1n) is 7.33. The normalized spacial score (nSPS) is 12.9. The molecule has 0 bridgehead atoms. The van der Waals surface area contributed by atoms with E-state index in [0.29, 0.717) is 19.0 Å². The third kappa shape index (κ3) is 2.90. The van der Waals surface area contributed by atoms with Gasteiger partial charge in [-0.15, -0.1) is 11.3 Å². The van der Waals surface area contributed by atoms with E-state index in [2.05, 4.69) is 9.97 Å². The molecule has 0 fully saturated rings. The number of aromatic nitrogens is 3. The molecule has 1 N–H and O–H groups in total. The molecule has 116 valence electrons. The summed E-state index contributed by atoms with van der Waals surface area (Å²) in [6, 6.07) is 7.89. The van der Waals surface area contributed by atoms with Crippen LogP contribution in [0.25, 0.3) is 11.0 Å². The summed E-state index contributed by atoms with van der Waals surface area (Å²) in [7, 11) is 0. The number of rotatable bonds is 6. The highest BCUT2D eigenvalue weighted by Crippen LogP contribution is 2.23. The maximum atomic E-state index is 9.54. The second-order valence-electron chi connectivity index (χ2n) is 5.04. The molecule has 2 aromatic heterocycles. The van der Waals surface area contributed by atoms with Crippen LogP contribution >= 0.6 is 11.3 Å². The first kappa shape index (κ1) is 15.1. The van der Waals surface area contributed by atoms with E-state index in [0.717, 1.165) is 21.7 Å². The third-order valence-electron chi connectivity index (χ3n) is 3.53. The summed E-state index contributed by atoms with van der Waals surface area (Å²) >= 11 is 1.61. The van der Waals surface area contributed by atoms with Gasteiger partial charge < -0.3 is 14.4 Å². The minimum Gasteiger partial charge on any atom is -0.388 e. The zero-order valence-electron chi connectivity index (χ0n) is 12.7. The lowest BCUT2D eigenvalue weighted by Gasteiger charge is -2.08. The minimum atomic E-state index is -0.0823. The quantitative estimate of drug-likeness (QED) is 0.759. The van der Waals surface area contributed by atoms with Gasteiger partial charge in [-0.05, 0) is 26.0 Å². The van der Waals surface area contributed by atoms with Crippen LogP contribution < -0.4 is 0 Å². The Balaban J connectivity index is 1.90. The molecule has 0 saturated carbocycles. The number of imidazole rings is 1. The van der Waals surface area contributed by atoms with Crippen LogP contribution in [0, 0.1) is 0 Å². The monoisotopic (exact) mass is 317 g/mol. The van der Waals surface area contributed by atoms with Crippen molar-refractivity contribution in [2.75, 3.05) is 6.61 Å². The summed E-state index contributed by atoms with van der Waals surface area (Å²) in [6.45, 7) is 5.19. The average Bonchev–Trinajstić information content (AvgIpc) is 3.13. The zero-order valence-corrected chi connectivity index (χ0v) is 13.5. The van der Waals surface area contributed by atoms with E-state index in [1.807, 2.05) is 48.1 Å². The Morgan fingerprint density at radius 2 is 2.14 bits per heavy atom. The fourth-order valence-corrected chi connectivity index (χ4v) is 3.30. The summed E-state index contributed by atoms with van der Waals surface area (Å²) in [4.78, 5) is 9.11. The summed E-state index contributed by atoms with van der Waals surface area (Å²) in [5, 5.41) is 12.6. The molecule has 0 amide bonds. The van der Waals surface area contributed by atoms with E-state index in [9.17, 15) is 5.11 Å².